The van der Waals surface area contributed by atoms with Gasteiger partial charge in [-0.2, -0.15) is 0 Å². The Morgan fingerprint density at radius 2 is 2.35 bits per heavy atom. The molecule has 0 fully saturated rings. The van der Waals surface area contributed by atoms with Crippen molar-refractivity contribution in [2.45, 2.75) is 26.2 Å². The summed E-state index contributed by atoms with van der Waals surface area (Å²) in [5.41, 5.74) is 0.882. The molecule has 0 saturated carbocycles. The number of hydrogen-bond donors (Lipinski definition) is 0. The Bertz CT molecular complexity index is 452. The molecule has 90 valence electrons. The van der Waals surface area contributed by atoms with E-state index < -0.39 is 0 Å². The van der Waals surface area contributed by atoms with E-state index >= 15 is 0 Å². The molecule has 0 saturated heterocycles. The largest absolute Gasteiger partial charge is 0.426 e. The minimum absolute atomic E-state index is 0.174. The van der Waals surface area contributed by atoms with Crippen LogP contribution in [-0.4, -0.2) is 5.97 Å². The number of hydrogen-bond acceptors (Lipinski definition) is 2. The van der Waals surface area contributed by atoms with Crippen molar-refractivity contribution in [1.29, 1.82) is 0 Å². The predicted octanol–water partition coefficient (Wildman–Crippen LogP) is 3.91. The first-order valence-corrected chi connectivity index (χ1v) is 6.16. The van der Waals surface area contributed by atoms with Gasteiger partial charge in [0.2, 0.25) is 0 Å². The summed E-state index contributed by atoms with van der Waals surface area (Å²) >= 11 is 5.84. The van der Waals surface area contributed by atoms with Gasteiger partial charge in [-0.15, -0.1) is 0 Å². The van der Waals surface area contributed by atoms with Gasteiger partial charge in [0.25, 0.3) is 0 Å². The molecule has 0 N–H and O–H groups in total. The van der Waals surface area contributed by atoms with Crippen LogP contribution >= 0.6 is 11.6 Å². The van der Waals surface area contributed by atoms with Crippen LogP contribution in [0, 0.1) is 12.8 Å². The van der Waals surface area contributed by atoms with Gasteiger partial charge in [-0.05, 0) is 49.4 Å². The van der Waals surface area contributed by atoms with Gasteiger partial charge < -0.3 is 4.74 Å². The molecule has 0 aliphatic heterocycles. The van der Waals surface area contributed by atoms with Crippen molar-refractivity contribution in [2.75, 3.05) is 0 Å². The Kier molecular flexibility index (Phi) is 3.85. The van der Waals surface area contributed by atoms with Gasteiger partial charge in [0.1, 0.15) is 5.75 Å². The van der Waals surface area contributed by atoms with Crippen molar-refractivity contribution in [2.24, 2.45) is 5.92 Å². The van der Waals surface area contributed by atoms with E-state index in [0.29, 0.717) is 23.1 Å². The highest BCUT2D eigenvalue weighted by atomic mass is 35.5. The maximum atomic E-state index is 11.7. The topological polar surface area (TPSA) is 26.3 Å². The van der Waals surface area contributed by atoms with E-state index in [2.05, 4.69) is 12.2 Å². The smallest absolute Gasteiger partial charge is 0.311 e. The van der Waals surface area contributed by atoms with Gasteiger partial charge in [-0.3, -0.25) is 4.79 Å². The number of esters is 1. The Labute approximate surface area is 106 Å². The van der Waals surface area contributed by atoms with Crippen molar-refractivity contribution in [3.63, 3.8) is 0 Å². The molecule has 0 radical (unpaired) electrons. The minimum atomic E-state index is -0.174. The maximum Gasteiger partial charge on any atom is 0.311 e. The van der Waals surface area contributed by atoms with Gasteiger partial charge in [-0.25, -0.2) is 0 Å². The fourth-order valence-corrected chi connectivity index (χ4v) is 2.20. The first-order valence-electron chi connectivity index (χ1n) is 5.78. The van der Waals surface area contributed by atoms with Crippen molar-refractivity contribution in [3.05, 3.63) is 40.9 Å². The molecule has 1 aliphatic rings. The fourth-order valence-electron chi connectivity index (χ4n) is 1.97. The van der Waals surface area contributed by atoms with E-state index in [1.807, 2.05) is 6.92 Å². The number of allylic oxidation sites excluding steroid dienone is 2. The molecule has 1 unspecified atom stereocenters. The average molecular weight is 251 g/mol. The molecule has 0 spiro atoms. The normalized spacial score (nSPS) is 18.4. The summed E-state index contributed by atoms with van der Waals surface area (Å²) in [5, 5.41) is 0.654. The van der Waals surface area contributed by atoms with Crippen LogP contribution in [0.4, 0.5) is 0 Å². The van der Waals surface area contributed by atoms with E-state index in [9.17, 15) is 4.79 Å². The molecule has 3 heteroatoms. The van der Waals surface area contributed by atoms with E-state index in [4.69, 9.17) is 16.3 Å². The lowest BCUT2D eigenvalue weighted by molar-refractivity contribution is -0.135. The van der Waals surface area contributed by atoms with Gasteiger partial charge in [-0.1, -0.05) is 23.8 Å². The molecule has 2 nitrogen and oxygen atoms in total. The monoisotopic (exact) mass is 250 g/mol. The molecule has 0 amide bonds. The van der Waals surface area contributed by atoms with Gasteiger partial charge in [0.05, 0.1) is 6.42 Å². The lowest BCUT2D eigenvalue weighted by atomic mass is 10.1. The molecular formula is C14H15ClO2. The number of carbonyl (C=O) groups is 1. The number of aryl methyl sites for hydroxylation is 1. The highest BCUT2D eigenvalue weighted by Crippen LogP contribution is 2.24. The van der Waals surface area contributed by atoms with Crippen LogP contribution in [0.5, 0.6) is 5.75 Å². The first-order chi connectivity index (χ1) is 8.15. The quantitative estimate of drug-likeness (QED) is 0.462. The minimum Gasteiger partial charge on any atom is -0.426 e. The number of ether oxygens (including phenoxy) is 1. The molecule has 2 rings (SSSR count). The Balaban J connectivity index is 1.95. The lowest BCUT2D eigenvalue weighted by Crippen LogP contribution is -2.12. The molecule has 0 aromatic heterocycles. The number of rotatable bonds is 3. The standard InChI is InChI=1S/C14H15ClO2/c1-10-8-12(15)6-7-13(10)17-14(16)9-11-4-2-3-5-11/h2,4,6-8,11H,3,5,9H2,1H3. The summed E-state index contributed by atoms with van der Waals surface area (Å²) < 4.78 is 5.33. The molecule has 1 aliphatic carbocycles. The lowest BCUT2D eigenvalue weighted by Gasteiger charge is -2.09. The van der Waals surface area contributed by atoms with Crippen LogP contribution in [0.1, 0.15) is 24.8 Å². The van der Waals surface area contributed by atoms with Crippen molar-refractivity contribution in [3.8, 4) is 5.75 Å². The first kappa shape index (κ1) is 12.2. The zero-order valence-electron chi connectivity index (χ0n) is 9.78. The van der Waals surface area contributed by atoms with Gasteiger partial charge >= 0.3 is 5.97 Å². The second-order valence-electron chi connectivity index (χ2n) is 4.35. The highest BCUT2D eigenvalue weighted by molar-refractivity contribution is 6.30. The Morgan fingerprint density at radius 1 is 1.53 bits per heavy atom. The average Bonchev–Trinajstić information content (AvgIpc) is 2.75. The van der Waals surface area contributed by atoms with Crippen molar-refractivity contribution < 1.29 is 9.53 Å². The third kappa shape index (κ3) is 3.34. The number of halogens is 1. The zero-order valence-corrected chi connectivity index (χ0v) is 10.5. The Hall–Kier alpha value is -1.28. The second kappa shape index (κ2) is 5.37. The molecule has 17 heavy (non-hydrogen) atoms. The van der Waals surface area contributed by atoms with E-state index in [-0.39, 0.29) is 5.97 Å². The Morgan fingerprint density at radius 3 is 3.00 bits per heavy atom. The van der Waals surface area contributed by atoms with Crippen LogP contribution < -0.4 is 4.74 Å². The van der Waals surface area contributed by atoms with Gasteiger partial charge in [0, 0.05) is 5.02 Å². The van der Waals surface area contributed by atoms with E-state index in [1.165, 1.54) is 0 Å². The van der Waals surface area contributed by atoms with Crippen molar-refractivity contribution in [1.82, 2.24) is 0 Å². The molecular weight excluding hydrogens is 236 g/mol. The number of carbonyl (C=O) groups excluding carboxylic acids is 1. The third-order valence-electron chi connectivity index (χ3n) is 2.90. The summed E-state index contributed by atoms with van der Waals surface area (Å²) in [6, 6.07) is 5.26. The van der Waals surface area contributed by atoms with Crippen LogP contribution in [0.2, 0.25) is 5.02 Å². The zero-order chi connectivity index (χ0) is 12.3. The van der Waals surface area contributed by atoms with Crippen LogP contribution in [0.25, 0.3) is 0 Å². The molecule has 0 heterocycles. The van der Waals surface area contributed by atoms with Crippen molar-refractivity contribution >= 4 is 17.6 Å². The highest BCUT2D eigenvalue weighted by Gasteiger charge is 2.16. The van der Waals surface area contributed by atoms with Gasteiger partial charge in [0.15, 0.2) is 0 Å². The maximum absolute atomic E-state index is 11.7. The summed E-state index contributed by atoms with van der Waals surface area (Å²) in [6.45, 7) is 1.88. The molecule has 1 aromatic rings. The predicted molar refractivity (Wildman–Crippen MR) is 68.3 cm³/mol. The SMILES string of the molecule is Cc1cc(Cl)ccc1OC(=O)CC1C=CCC1. The van der Waals surface area contributed by atoms with Crippen LogP contribution in [-0.2, 0) is 4.79 Å². The third-order valence-corrected chi connectivity index (χ3v) is 3.14. The second-order valence-corrected chi connectivity index (χ2v) is 4.79. The fraction of sp³-hybridized carbons (Fsp3) is 0.357. The van der Waals surface area contributed by atoms with E-state index in [0.717, 1.165) is 18.4 Å². The summed E-state index contributed by atoms with van der Waals surface area (Å²) in [5.74, 6) is 0.767. The summed E-state index contributed by atoms with van der Waals surface area (Å²) in [6.07, 6.45) is 6.78. The van der Waals surface area contributed by atoms with Crippen LogP contribution in [0.3, 0.4) is 0 Å². The molecule has 1 atom stereocenters. The van der Waals surface area contributed by atoms with Crippen LogP contribution in [0.15, 0.2) is 30.4 Å². The summed E-state index contributed by atoms with van der Waals surface area (Å²) in [4.78, 5) is 11.7. The molecule has 0 bridgehead atoms. The van der Waals surface area contributed by atoms with E-state index in [1.54, 1.807) is 18.2 Å². The summed E-state index contributed by atoms with van der Waals surface area (Å²) in [7, 11) is 0. The number of benzene rings is 1. The molecule has 1 aromatic carbocycles.